The molecule has 0 bridgehead atoms. The van der Waals surface area contributed by atoms with Gasteiger partial charge in [-0.1, -0.05) is 17.7 Å². The lowest BCUT2D eigenvalue weighted by Crippen LogP contribution is -2.31. The average molecular weight is 329 g/mol. The maximum Gasteiger partial charge on any atom is 0.254 e. The molecule has 1 aromatic carbocycles. The van der Waals surface area contributed by atoms with Crippen molar-refractivity contribution in [3.63, 3.8) is 0 Å². The van der Waals surface area contributed by atoms with E-state index < -0.39 is 0 Å². The van der Waals surface area contributed by atoms with Crippen molar-refractivity contribution >= 4 is 5.91 Å². The molecule has 0 spiro atoms. The summed E-state index contributed by atoms with van der Waals surface area (Å²) in [5.74, 6) is 1.03. The summed E-state index contributed by atoms with van der Waals surface area (Å²) in [5, 5.41) is 2.92. The monoisotopic (exact) mass is 329 g/mol. The minimum Gasteiger partial charge on any atom is -0.496 e. The van der Waals surface area contributed by atoms with E-state index in [9.17, 15) is 9.59 Å². The maximum absolute atomic E-state index is 12.3. The highest BCUT2D eigenvalue weighted by atomic mass is 16.5. The fourth-order valence-corrected chi connectivity index (χ4v) is 2.68. The zero-order valence-electron chi connectivity index (χ0n) is 14.7. The van der Waals surface area contributed by atoms with Gasteiger partial charge >= 0.3 is 0 Å². The highest BCUT2D eigenvalue weighted by Gasteiger charge is 2.17. The van der Waals surface area contributed by atoms with Gasteiger partial charge in [0.2, 0.25) is 5.91 Å². The third kappa shape index (κ3) is 4.01. The van der Waals surface area contributed by atoms with E-state index in [1.54, 1.807) is 21.0 Å². The Morgan fingerprint density at radius 1 is 1.33 bits per heavy atom. The Balaban J connectivity index is 2.16. The quantitative estimate of drug-likeness (QED) is 0.880. The molecule has 24 heavy (non-hydrogen) atoms. The first kappa shape index (κ1) is 17.7. The number of carbonyl (C=O) groups excluding carboxylic acids is 1. The van der Waals surface area contributed by atoms with E-state index in [1.807, 2.05) is 32.0 Å². The van der Waals surface area contributed by atoms with Crippen molar-refractivity contribution in [2.45, 2.75) is 40.2 Å². The number of amides is 1. The second-order valence-corrected chi connectivity index (χ2v) is 5.93. The molecule has 0 aliphatic heterocycles. The van der Waals surface area contributed by atoms with Crippen molar-refractivity contribution in [2.24, 2.45) is 0 Å². The molecule has 128 valence electrons. The Kier molecular flexibility index (Phi) is 5.39. The maximum atomic E-state index is 12.3. The lowest BCUT2D eigenvalue weighted by Gasteiger charge is -2.18. The highest BCUT2D eigenvalue weighted by molar-refractivity contribution is 5.79. The van der Waals surface area contributed by atoms with Gasteiger partial charge in [0, 0.05) is 16.8 Å². The molecule has 0 saturated heterocycles. The van der Waals surface area contributed by atoms with Crippen LogP contribution in [0.25, 0.3) is 0 Å². The van der Waals surface area contributed by atoms with Crippen LogP contribution in [0, 0.1) is 20.8 Å². The fourth-order valence-electron chi connectivity index (χ4n) is 2.68. The van der Waals surface area contributed by atoms with E-state index in [-0.39, 0.29) is 23.9 Å². The number of carbonyl (C=O) groups is 1. The van der Waals surface area contributed by atoms with Gasteiger partial charge in [-0.3, -0.25) is 9.59 Å². The number of benzene rings is 1. The van der Waals surface area contributed by atoms with Crippen LogP contribution in [0.5, 0.6) is 5.75 Å². The lowest BCUT2D eigenvalue weighted by atomic mass is 10.0. The number of aromatic nitrogens is 2. The summed E-state index contributed by atoms with van der Waals surface area (Å²) in [6, 6.07) is 5.59. The predicted octanol–water partition coefficient (Wildman–Crippen LogP) is 2.12. The van der Waals surface area contributed by atoms with Gasteiger partial charge in [-0.2, -0.15) is 0 Å². The van der Waals surface area contributed by atoms with Crippen molar-refractivity contribution in [3.8, 4) is 5.75 Å². The lowest BCUT2D eigenvalue weighted by molar-refractivity contribution is -0.121. The zero-order valence-corrected chi connectivity index (χ0v) is 14.7. The molecular weight excluding hydrogens is 306 g/mol. The van der Waals surface area contributed by atoms with Gasteiger partial charge in [-0.05, 0) is 33.8 Å². The molecule has 0 unspecified atom stereocenters. The number of hydrogen-bond donors (Lipinski definition) is 2. The standard InChI is InChI=1S/C18H23N3O3/c1-10-6-7-16(24-5)14(8-10)11(2)20-17(22)9-15-12(3)19-13(4)21-18(15)23/h6-8,11H,9H2,1-5H3,(H,20,22)(H,19,21,23)/t11-/m0/s1. The first-order chi connectivity index (χ1) is 11.3. The number of aromatic amines is 1. The number of rotatable bonds is 5. The number of ether oxygens (including phenoxy) is 1. The van der Waals surface area contributed by atoms with E-state index in [0.717, 1.165) is 16.9 Å². The fraction of sp³-hybridized carbons (Fsp3) is 0.389. The molecule has 2 N–H and O–H groups in total. The van der Waals surface area contributed by atoms with Crippen LogP contribution in [0.15, 0.2) is 23.0 Å². The molecule has 6 nitrogen and oxygen atoms in total. The Labute approximate surface area is 141 Å². The van der Waals surface area contributed by atoms with Crippen molar-refractivity contribution < 1.29 is 9.53 Å². The molecule has 0 radical (unpaired) electrons. The van der Waals surface area contributed by atoms with Crippen molar-refractivity contribution in [2.75, 3.05) is 7.11 Å². The molecule has 2 rings (SSSR count). The zero-order chi connectivity index (χ0) is 17.9. The molecule has 0 aliphatic rings. The molecule has 1 atom stereocenters. The number of H-pyrrole nitrogens is 1. The van der Waals surface area contributed by atoms with Gasteiger partial charge in [0.1, 0.15) is 11.6 Å². The van der Waals surface area contributed by atoms with Crippen LogP contribution in [0.1, 0.15) is 41.2 Å². The minimum absolute atomic E-state index is 0.00703. The SMILES string of the molecule is COc1ccc(C)cc1[C@H](C)NC(=O)Cc1c(C)nc(C)[nH]c1=O. The summed E-state index contributed by atoms with van der Waals surface area (Å²) in [7, 11) is 1.60. The van der Waals surface area contributed by atoms with Crippen molar-refractivity contribution in [3.05, 3.63) is 56.8 Å². The molecule has 0 aliphatic carbocycles. The highest BCUT2D eigenvalue weighted by Crippen LogP contribution is 2.26. The van der Waals surface area contributed by atoms with Crippen LogP contribution in [0.2, 0.25) is 0 Å². The molecule has 0 saturated carbocycles. The van der Waals surface area contributed by atoms with Crippen LogP contribution in [-0.2, 0) is 11.2 Å². The average Bonchev–Trinajstić information content (AvgIpc) is 2.50. The smallest absolute Gasteiger partial charge is 0.254 e. The number of nitrogens with zero attached hydrogens (tertiary/aromatic N) is 1. The topological polar surface area (TPSA) is 84.1 Å². The van der Waals surface area contributed by atoms with Crippen molar-refractivity contribution in [1.29, 1.82) is 0 Å². The van der Waals surface area contributed by atoms with Crippen LogP contribution in [-0.4, -0.2) is 23.0 Å². The summed E-state index contributed by atoms with van der Waals surface area (Å²) in [6.45, 7) is 7.32. The largest absolute Gasteiger partial charge is 0.496 e. The molecular formula is C18H23N3O3. The van der Waals surface area contributed by atoms with E-state index in [4.69, 9.17) is 4.74 Å². The molecule has 2 aromatic rings. The van der Waals surface area contributed by atoms with Gasteiger partial charge in [0.15, 0.2) is 0 Å². The Morgan fingerprint density at radius 3 is 2.67 bits per heavy atom. The summed E-state index contributed by atoms with van der Waals surface area (Å²) in [4.78, 5) is 31.2. The number of nitrogens with one attached hydrogen (secondary N) is 2. The molecule has 0 fully saturated rings. The molecule has 1 aromatic heterocycles. The minimum atomic E-state index is -0.268. The van der Waals surface area contributed by atoms with E-state index in [0.29, 0.717) is 17.1 Å². The second-order valence-electron chi connectivity index (χ2n) is 5.93. The predicted molar refractivity (Wildman–Crippen MR) is 92.3 cm³/mol. The van der Waals surface area contributed by atoms with Gasteiger partial charge < -0.3 is 15.0 Å². The van der Waals surface area contributed by atoms with Crippen LogP contribution in [0.3, 0.4) is 0 Å². The van der Waals surface area contributed by atoms with E-state index in [2.05, 4.69) is 15.3 Å². The first-order valence-corrected chi connectivity index (χ1v) is 7.82. The number of hydrogen-bond acceptors (Lipinski definition) is 4. The van der Waals surface area contributed by atoms with Gasteiger partial charge in [0.25, 0.3) is 5.56 Å². The normalized spacial score (nSPS) is 11.9. The molecule has 1 heterocycles. The van der Waals surface area contributed by atoms with Crippen LogP contribution < -0.4 is 15.6 Å². The van der Waals surface area contributed by atoms with Gasteiger partial charge in [0.05, 0.1) is 19.6 Å². The van der Waals surface area contributed by atoms with Gasteiger partial charge in [-0.25, -0.2) is 4.98 Å². The van der Waals surface area contributed by atoms with Gasteiger partial charge in [-0.15, -0.1) is 0 Å². The third-order valence-corrected chi connectivity index (χ3v) is 3.91. The summed E-state index contributed by atoms with van der Waals surface area (Å²) < 4.78 is 5.36. The van der Waals surface area contributed by atoms with Crippen LogP contribution in [0.4, 0.5) is 0 Å². The number of aryl methyl sites for hydroxylation is 3. The Bertz CT molecular complexity index is 812. The second kappa shape index (κ2) is 7.29. The van der Waals surface area contributed by atoms with E-state index >= 15 is 0 Å². The van der Waals surface area contributed by atoms with E-state index in [1.165, 1.54) is 0 Å². The van der Waals surface area contributed by atoms with Crippen molar-refractivity contribution in [1.82, 2.24) is 15.3 Å². The number of methoxy groups -OCH3 is 1. The summed E-state index contributed by atoms with van der Waals surface area (Å²) in [5.41, 5.74) is 2.69. The molecule has 6 heteroatoms. The third-order valence-electron chi connectivity index (χ3n) is 3.91. The molecule has 1 amide bonds. The summed E-state index contributed by atoms with van der Waals surface area (Å²) >= 11 is 0. The Hall–Kier alpha value is -2.63. The van der Waals surface area contributed by atoms with Crippen LogP contribution >= 0.6 is 0 Å². The first-order valence-electron chi connectivity index (χ1n) is 7.82. The Morgan fingerprint density at radius 2 is 2.04 bits per heavy atom. The summed E-state index contributed by atoms with van der Waals surface area (Å²) in [6.07, 6.45) is -0.00703.